The van der Waals surface area contributed by atoms with Crippen molar-refractivity contribution in [2.24, 2.45) is 0 Å². The molecule has 10 heteroatoms. The van der Waals surface area contributed by atoms with Gasteiger partial charge in [0, 0.05) is 17.1 Å². The summed E-state index contributed by atoms with van der Waals surface area (Å²) < 4.78 is 3.62. The zero-order valence-corrected chi connectivity index (χ0v) is 17.9. The number of rotatable bonds is 5. The fourth-order valence-electron chi connectivity index (χ4n) is 3.25. The summed E-state index contributed by atoms with van der Waals surface area (Å²) in [6.07, 6.45) is 1.52. The topological polar surface area (TPSA) is 94.3 Å². The Morgan fingerprint density at radius 3 is 2.58 bits per heavy atom. The van der Waals surface area contributed by atoms with E-state index in [0.29, 0.717) is 32.9 Å². The van der Waals surface area contributed by atoms with E-state index in [1.165, 1.54) is 18.0 Å². The largest absolute Gasteiger partial charge is 0.302 e. The standard InChI is InChI=1S/C21H16ClN7OS/c1-2-28-17(13-8-10-14(22)11-9-13)26-27-21(28)31-20-24-18-16(19(30)25-20)12-23-29(18)15-6-4-3-5-7-15/h3-12H,2H2,1H3,(H,24,25,30). The molecule has 0 bridgehead atoms. The molecule has 8 nitrogen and oxygen atoms in total. The summed E-state index contributed by atoms with van der Waals surface area (Å²) in [5, 5.41) is 15.1. The molecule has 0 radical (unpaired) electrons. The quantitative estimate of drug-likeness (QED) is 0.404. The Bertz CT molecular complexity index is 1420. The summed E-state index contributed by atoms with van der Waals surface area (Å²) in [6.45, 7) is 2.67. The van der Waals surface area contributed by atoms with Crippen molar-refractivity contribution in [3.05, 3.63) is 76.2 Å². The van der Waals surface area contributed by atoms with E-state index >= 15 is 0 Å². The molecular formula is C21H16ClN7OS. The van der Waals surface area contributed by atoms with Gasteiger partial charge in [-0.3, -0.25) is 4.79 Å². The van der Waals surface area contributed by atoms with E-state index in [1.807, 2.05) is 66.1 Å². The molecule has 31 heavy (non-hydrogen) atoms. The van der Waals surface area contributed by atoms with Gasteiger partial charge in [-0.15, -0.1) is 10.2 Å². The maximum Gasteiger partial charge on any atom is 0.262 e. The van der Waals surface area contributed by atoms with Crippen LogP contribution < -0.4 is 5.56 Å². The van der Waals surface area contributed by atoms with E-state index in [0.717, 1.165) is 17.1 Å². The van der Waals surface area contributed by atoms with Crippen LogP contribution in [-0.2, 0) is 6.54 Å². The van der Waals surface area contributed by atoms with Crippen molar-refractivity contribution in [3.8, 4) is 17.1 Å². The van der Waals surface area contributed by atoms with Gasteiger partial charge in [-0.05, 0) is 55.1 Å². The number of halogens is 1. The number of aromatic nitrogens is 7. The van der Waals surface area contributed by atoms with Gasteiger partial charge in [0.1, 0.15) is 5.39 Å². The third-order valence-corrected chi connectivity index (χ3v) is 5.86. The van der Waals surface area contributed by atoms with Crippen LogP contribution in [-0.4, -0.2) is 34.5 Å². The summed E-state index contributed by atoms with van der Waals surface area (Å²) in [5.41, 5.74) is 1.96. The Hall–Kier alpha value is -3.43. The average molecular weight is 450 g/mol. The summed E-state index contributed by atoms with van der Waals surface area (Å²) in [5.74, 6) is 0.722. The Morgan fingerprint density at radius 2 is 1.84 bits per heavy atom. The molecule has 0 fully saturated rings. The Labute approximate surface area is 185 Å². The fourth-order valence-corrected chi connectivity index (χ4v) is 4.24. The SMILES string of the molecule is CCn1c(Sc2nc3c(cnn3-c3ccccc3)c(=O)[nH]2)nnc1-c1ccc(Cl)cc1. The van der Waals surface area contributed by atoms with Crippen LogP contribution in [0.3, 0.4) is 0 Å². The maximum atomic E-state index is 12.6. The van der Waals surface area contributed by atoms with Gasteiger partial charge in [0.2, 0.25) is 0 Å². The van der Waals surface area contributed by atoms with Crippen molar-refractivity contribution >= 4 is 34.4 Å². The van der Waals surface area contributed by atoms with Crippen LogP contribution in [0.15, 0.2) is 75.9 Å². The Kier molecular flexibility index (Phi) is 5.05. The minimum absolute atomic E-state index is 0.254. The average Bonchev–Trinajstić information content (AvgIpc) is 3.39. The zero-order chi connectivity index (χ0) is 21.4. The molecule has 0 unspecified atom stereocenters. The van der Waals surface area contributed by atoms with Gasteiger partial charge in [-0.25, -0.2) is 9.67 Å². The van der Waals surface area contributed by atoms with Gasteiger partial charge in [0.05, 0.1) is 11.9 Å². The summed E-state index contributed by atoms with van der Waals surface area (Å²) in [6, 6.07) is 17.0. The maximum absolute atomic E-state index is 12.6. The molecule has 0 spiro atoms. The molecule has 3 aromatic heterocycles. The van der Waals surface area contributed by atoms with Gasteiger partial charge >= 0.3 is 0 Å². The van der Waals surface area contributed by atoms with Crippen molar-refractivity contribution in [1.29, 1.82) is 0 Å². The van der Waals surface area contributed by atoms with Crippen LogP contribution in [0.2, 0.25) is 5.02 Å². The first-order valence-electron chi connectivity index (χ1n) is 9.54. The van der Waals surface area contributed by atoms with Crippen molar-refractivity contribution in [2.45, 2.75) is 23.8 Å². The summed E-state index contributed by atoms with van der Waals surface area (Å²) in [7, 11) is 0. The van der Waals surface area contributed by atoms with E-state index in [9.17, 15) is 4.79 Å². The van der Waals surface area contributed by atoms with E-state index in [-0.39, 0.29) is 5.56 Å². The van der Waals surface area contributed by atoms with Crippen molar-refractivity contribution < 1.29 is 0 Å². The molecule has 2 aromatic carbocycles. The first-order valence-corrected chi connectivity index (χ1v) is 10.7. The van der Waals surface area contributed by atoms with E-state index in [2.05, 4.69) is 25.3 Å². The van der Waals surface area contributed by atoms with E-state index in [4.69, 9.17) is 11.6 Å². The second-order valence-corrected chi connectivity index (χ2v) is 8.05. The molecule has 0 atom stereocenters. The lowest BCUT2D eigenvalue weighted by atomic mass is 10.2. The molecule has 0 aliphatic rings. The van der Waals surface area contributed by atoms with Gasteiger partial charge in [-0.2, -0.15) is 5.10 Å². The molecule has 0 aliphatic carbocycles. The fraction of sp³-hybridized carbons (Fsp3) is 0.0952. The first kappa shape index (κ1) is 19.5. The number of para-hydroxylation sites is 1. The normalized spacial score (nSPS) is 11.3. The van der Waals surface area contributed by atoms with Gasteiger partial charge in [0.25, 0.3) is 5.56 Å². The second-order valence-electron chi connectivity index (χ2n) is 6.66. The predicted molar refractivity (Wildman–Crippen MR) is 120 cm³/mol. The number of nitrogens with zero attached hydrogens (tertiary/aromatic N) is 6. The highest BCUT2D eigenvalue weighted by Crippen LogP contribution is 2.28. The second kappa shape index (κ2) is 8.01. The number of H-pyrrole nitrogens is 1. The van der Waals surface area contributed by atoms with E-state index < -0.39 is 0 Å². The number of fused-ring (bicyclic) bond motifs is 1. The number of aromatic amines is 1. The van der Waals surface area contributed by atoms with Crippen molar-refractivity contribution in [2.75, 3.05) is 0 Å². The van der Waals surface area contributed by atoms with Crippen molar-refractivity contribution in [1.82, 2.24) is 34.5 Å². The third-order valence-electron chi connectivity index (χ3n) is 4.74. The third kappa shape index (κ3) is 3.62. The molecule has 0 saturated carbocycles. The lowest BCUT2D eigenvalue weighted by Gasteiger charge is -2.07. The zero-order valence-electron chi connectivity index (χ0n) is 16.4. The van der Waals surface area contributed by atoms with Crippen LogP contribution >= 0.6 is 23.4 Å². The molecular weight excluding hydrogens is 434 g/mol. The lowest BCUT2D eigenvalue weighted by molar-refractivity contribution is 0.685. The molecule has 154 valence electrons. The highest BCUT2D eigenvalue weighted by Gasteiger charge is 2.17. The first-order chi connectivity index (χ1) is 15.1. The molecule has 0 saturated heterocycles. The molecule has 1 N–H and O–H groups in total. The smallest absolute Gasteiger partial charge is 0.262 e. The number of nitrogens with one attached hydrogen (secondary N) is 1. The lowest BCUT2D eigenvalue weighted by Crippen LogP contribution is -2.10. The van der Waals surface area contributed by atoms with Crippen LogP contribution in [0.4, 0.5) is 0 Å². The van der Waals surface area contributed by atoms with E-state index in [1.54, 1.807) is 4.68 Å². The highest BCUT2D eigenvalue weighted by atomic mass is 35.5. The molecule has 0 amide bonds. The van der Waals surface area contributed by atoms with Crippen LogP contribution in [0.1, 0.15) is 6.92 Å². The molecule has 5 rings (SSSR count). The van der Waals surface area contributed by atoms with Gasteiger partial charge in [0.15, 0.2) is 21.8 Å². The molecule has 3 heterocycles. The molecule has 0 aliphatic heterocycles. The Morgan fingerprint density at radius 1 is 1.06 bits per heavy atom. The predicted octanol–water partition coefficient (Wildman–Crippen LogP) is 4.19. The summed E-state index contributed by atoms with van der Waals surface area (Å²) in [4.78, 5) is 20.1. The van der Waals surface area contributed by atoms with Crippen LogP contribution in [0.5, 0.6) is 0 Å². The number of benzene rings is 2. The minimum atomic E-state index is -0.254. The molecule has 5 aromatic rings. The van der Waals surface area contributed by atoms with Gasteiger partial charge < -0.3 is 9.55 Å². The monoisotopic (exact) mass is 449 g/mol. The number of hydrogen-bond donors (Lipinski definition) is 1. The van der Waals surface area contributed by atoms with Crippen LogP contribution in [0, 0.1) is 0 Å². The van der Waals surface area contributed by atoms with Gasteiger partial charge in [-0.1, -0.05) is 29.8 Å². The number of hydrogen-bond acceptors (Lipinski definition) is 6. The highest BCUT2D eigenvalue weighted by molar-refractivity contribution is 7.99. The van der Waals surface area contributed by atoms with Crippen molar-refractivity contribution in [3.63, 3.8) is 0 Å². The summed E-state index contributed by atoms with van der Waals surface area (Å²) >= 11 is 7.25. The van der Waals surface area contributed by atoms with Crippen LogP contribution in [0.25, 0.3) is 28.1 Å². The Balaban J connectivity index is 1.55. The minimum Gasteiger partial charge on any atom is -0.302 e.